The average Bonchev–Trinajstić information content (AvgIpc) is 3.33. The summed E-state index contributed by atoms with van der Waals surface area (Å²) in [5.74, 6) is -2.43. The molecule has 1 aromatic heterocycles. The number of ether oxygens (including phenoxy) is 1. The Morgan fingerprint density at radius 2 is 1.88 bits per heavy atom. The number of amides is 1. The van der Waals surface area contributed by atoms with Gasteiger partial charge in [0.05, 0.1) is 22.9 Å². The predicted molar refractivity (Wildman–Crippen MR) is 125 cm³/mol. The van der Waals surface area contributed by atoms with Crippen molar-refractivity contribution in [2.75, 3.05) is 13.2 Å². The second kappa shape index (κ2) is 8.62. The van der Waals surface area contributed by atoms with Crippen LogP contribution in [-0.2, 0) is 25.8 Å². The molecule has 0 spiro atoms. The van der Waals surface area contributed by atoms with E-state index in [2.05, 4.69) is 0 Å². The lowest BCUT2D eigenvalue weighted by molar-refractivity contribution is -0.136. The maximum atomic E-state index is 15.4. The van der Waals surface area contributed by atoms with Crippen molar-refractivity contribution < 1.29 is 26.7 Å². The Balaban J connectivity index is 1.71. The molecule has 0 bridgehead atoms. The quantitative estimate of drug-likeness (QED) is 0.484. The third-order valence-electron chi connectivity index (χ3n) is 6.56. The number of halogens is 3. The number of sulfone groups is 1. The summed E-state index contributed by atoms with van der Waals surface area (Å²) in [6.07, 6.45) is 0.404. The van der Waals surface area contributed by atoms with E-state index in [-0.39, 0.29) is 35.8 Å². The van der Waals surface area contributed by atoms with Crippen LogP contribution in [-0.4, -0.2) is 38.4 Å². The molecule has 3 heterocycles. The largest absolute Gasteiger partial charge is 0.488 e. The van der Waals surface area contributed by atoms with E-state index in [0.29, 0.717) is 18.0 Å². The third-order valence-corrected chi connectivity index (χ3v) is 10.2. The fourth-order valence-corrected chi connectivity index (χ4v) is 8.23. The van der Waals surface area contributed by atoms with Crippen LogP contribution in [0, 0.1) is 11.6 Å². The minimum absolute atomic E-state index is 0.0160. The molecule has 0 radical (unpaired) electrons. The summed E-state index contributed by atoms with van der Waals surface area (Å²) in [5.41, 5.74) is -0.354. The van der Waals surface area contributed by atoms with E-state index in [1.54, 1.807) is 0 Å². The van der Waals surface area contributed by atoms with E-state index < -0.39 is 38.0 Å². The number of carbonyl (C=O) groups is 1. The lowest BCUT2D eigenvalue weighted by Crippen LogP contribution is -2.64. The van der Waals surface area contributed by atoms with E-state index >= 15 is 4.39 Å². The molecule has 5 rings (SSSR count). The topological polar surface area (TPSA) is 63.7 Å². The van der Waals surface area contributed by atoms with Crippen LogP contribution in [0.2, 0.25) is 5.02 Å². The Bertz CT molecular complexity index is 1350. The Kier molecular flexibility index (Phi) is 5.90. The van der Waals surface area contributed by atoms with Gasteiger partial charge in [0.2, 0.25) is 5.91 Å². The fourth-order valence-electron chi connectivity index (χ4n) is 5.07. The molecule has 0 aliphatic carbocycles. The molecule has 1 amide bonds. The van der Waals surface area contributed by atoms with Crippen LogP contribution in [0.4, 0.5) is 8.78 Å². The van der Waals surface area contributed by atoms with Gasteiger partial charge in [-0.1, -0.05) is 17.7 Å². The van der Waals surface area contributed by atoms with Gasteiger partial charge in [0, 0.05) is 16.4 Å². The van der Waals surface area contributed by atoms with Gasteiger partial charge in [0.15, 0.2) is 21.4 Å². The molecule has 0 N–H and O–H groups in total. The first kappa shape index (κ1) is 23.3. The van der Waals surface area contributed by atoms with Gasteiger partial charge in [-0.3, -0.25) is 4.79 Å². The van der Waals surface area contributed by atoms with Gasteiger partial charge in [0.25, 0.3) is 0 Å². The maximum Gasteiger partial charge on any atom is 0.228 e. The molecule has 2 aliphatic heterocycles. The number of hydrogen-bond donors (Lipinski definition) is 0. The first-order valence-corrected chi connectivity index (χ1v) is 13.4. The minimum Gasteiger partial charge on any atom is -0.488 e. The van der Waals surface area contributed by atoms with Gasteiger partial charge in [-0.2, -0.15) is 0 Å². The number of fused-ring (bicyclic) bond motifs is 3. The van der Waals surface area contributed by atoms with Gasteiger partial charge < -0.3 is 9.64 Å². The molecular formula is C24H20ClF2NO4S2. The Morgan fingerprint density at radius 3 is 2.59 bits per heavy atom. The SMILES string of the molecule is O=C(Cc1cccs1)N1CCC[C@]2(S(=O)(=O)c3ccc(Cl)cc3)c3c(F)ccc(F)c3OCC12. The van der Waals surface area contributed by atoms with Crippen molar-refractivity contribution in [3.63, 3.8) is 0 Å². The van der Waals surface area contributed by atoms with Crippen molar-refractivity contribution in [3.8, 4) is 5.75 Å². The van der Waals surface area contributed by atoms with Gasteiger partial charge in [-0.25, -0.2) is 17.2 Å². The normalized spacial score (nSPS) is 22.0. The summed E-state index contributed by atoms with van der Waals surface area (Å²) in [7, 11) is -4.32. The molecule has 5 nitrogen and oxygen atoms in total. The Labute approximate surface area is 204 Å². The number of benzene rings is 2. The summed E-state index contributed by atoms with van der Waals surface area (Å²) in [4.78, 5) is 15.5. The molecule has 2 aromatic carbocycles. The molecule has 2 atom stereocenters. The lowest BCUT2D eigenvalue weighted by Gasteiger charge is -2.51. The van der Waals surface area contributed by atoms with Crippen molar-refractivity contribution in [2.24, 2.45) is 0 Å². The lowest BCUT2D eigenvalue weighted by atomic mass is 9.80. The highest BCUT2D eigenvalue weighted by Crippen LogP contribution is 2.53. The summed E-state index contributed by atoms with van der Waals surface area (Å²) < 4.78 is 62.3. The highest BCUT2D eigenvalue weighted by Gasteiger charge is 2.61. The van der Waals surface area contributed by atoms with Crippen molar-refractivity contribution in [1.82, 2.24) is 4.90 Å². The zero-order chi connectivity index (χ0) is 24.1. The molecule has 1 fully saturated rings. The van der Waals surface area contributed by atoms with E-state index in [0.717, 1.165) is 17.0 Å². The second-order valence-corrected chi connectivity index (χ2v) is 12.0. The summed E-state index contributed by atoms with van der Waals surface area (Å²) >= 11 is 7.39. The number of nitrogens with zero attached hydrogens (tertiary/aromatic N) is 1. The standard InChI is InChI=1S/C24H20ClF2NO4S2/c25-15-4-6-17(7-5-15)34(30,31)24-10-2-11-28(21(29)13-16-3-1-12-33-16)20(24)14-32-23-19(27)9-8-18(26)22(23)24/h1,3-9,12,20H,2,10-11,13-14H2/t20?,24-/m1/s1. The van der Waals surface area contributed by atoms with E-state index in [4.69, 9.17) is 16.3 Å². The van der Waals surface area contributed by atoms with Crippen molar-refractivity contribution >= 4 is 38.7 Å². The zero-order valence-electron chi connectivity index (χ0n) is 17.8. The van der Waals surface area contributed by atoms with Crippen LogP contribution in [0.25, 0.3) is 0 Å². The highest BCUT2D eigenvalue weighted by atomic mass is 35.5. The highest BCUT2D eigenvalue weighted by molar-refractivity contribution is 7.92. The van der Waals surface area contributed by atoms with Crippen LogP contribution in [0.1, 0.15) is 23.3 Å². The average molecular weight is 524 g/mol. The molecule has 10 heteroatoms. The number of carbonyl (C=O) groups excluding carboxylic acids is 1. The summed E-state index contributed by atoms with van der Waals surface area (Å²) in [5, 5.41) is 2.20. The summed E-state index contributed by atoms with van der Waals surface area (Å²) in [6.45, 7) is 0.0266. The zero-order valence-corrected chi connectivity index (χ0v) is 20.2. The number of hydrogen-bond acceptors (Lipinski definition) is 5. The molecular weight excluding hydrogens is 504 g/mol. The molecule has 178 valence electrons. The van der Waals surface area contributed by atoms with Gasteiger partial charge in [0.1, 0.15) is 17.2 Å². The van der Waals surface area contributed by atoms with Crippen LogP contribution in [0.15, 0.2) is 58.8 Å². The maximum absolute atomic E-state index is 15.4. The van der Waals surface area contributed by atoms with E-state index in [1.807, 2.05) is 17.5 Å². The van der Waals surface area contributed by atoms with Gasteiger partial charge in [-0.15, -0.1) is 11.3 Å². The fraction of sp³-hybridized carbons (Fsp3) is 0.292. The monoisotopic (exact) mass is 523 g/mol. The molecule has 1 saturated heterocycles. The molecule has 3 aromatic rings. The first-order valence-electron chi connectivity index (χ1n) is 10.7. The van der Waals surface area contributed by atoms with Gasteiger partial charge in [-0.05, 0) is 60.7 Å². The molecule has 0 saturated carbocycles. The van der Waals surface area contributed by atoms with Crippen LogP contribution in [0.5, 0.6) is 5.75 Å². The number of thiophene rings is 1. The van der Waals surface area contributed by atoms with E-state index in [9.17, 15) is 17.6 Å². The van der Waals surface area contributed by atoms with Crippen LogP contribution < -0.4 is 4.74 Å². The first-order chi connectivity index (χ1) is 16.3. The number of rotatable bonds is 4. The predicted octanol–water partition coefficient (Wildman–Crippen LogP) is 4.98. The smallest absolute Gasteiger partial charge is 0.228 e. The van der Waals surface area contributed by atoms with Crippen LogP contribution in [0.3, 0.4) is 0 Å². The van der Waals surface area contributed by atoms with Gasteiger partial charge >= 0.3 is 0 Å². The van der Waals surface area contributed by atoms with Crippen LogP contribution >= 0.6 is 22.9 Å². The Morgan fingerprint density at radius 1 is 1.15 bits per heavy atom. The minimum atomic E-state index is -4.32. The second-order valence-electron chi connectivity index (χ2n) is 8.35. The number of piperidine rings is 1. The van der Waals surface area contributed by atoms with Crippen molar-refractivity contribution in [3.05, 3.63) is 81.0 Å². The van der Waals surface area contributed by atoms with Crippen molar-refractivity contribution in [2.45, 2.75) is 34.9 Å². The Hall–Kier alpha value is -2.49. The molecule has 34 heavy (non-hydrogen) atoms. The summed E-state index contributed by atoms with van der Waals surface area (Å²) in [6, 6.07) is 10.0. The van der Waals surface area contributed by atoms with E-state index in [1.165, 1.54) is 40.5 Å². The number of likely N-dealkylation sites (tertiary alicyclic amines) is 1. The third kappa shape index (κ3) is 3.52. The molecule has 2 aliphatic rings. The van der Waals surface area contributed by atoms with Crippen molar-refractivity contribution in [1.29, 1.82) is 0 Å². The molecule has 1 unspecified atom stereocenters.